The molecule has 26 heavy (non-hydrogen) atoms. The van der Waals surface area contributed by atoms with Gasteiger partial charge in [0.25, 0.3) is 10.0 Å². The van der Waals surface area contributed by atoms with Crippen molar-refractivity contribution in [2.24, 2.45) is 0 Å². The summed E-state index contributed by atoms with van der Waals surface area (Å²) in [7, 11) is -5.50. The molecule has 0 aliphatic rings. The van der Waals surface area contributed by atoms with Crippen molar-refractivity contribution in [1.82, 2.24) is 4.37 Å². The Morgan fingerprint density at radius 1 is 1.15 bits per heavy atom. The molecule has 0 radical (unpaired) electrons. The number of hydrogen-bond acceptors (Lipinski definition) is 5. The smallest absolute Gasteiger partial charge is 0.272 e. The van der Waals surface area contributed by atoms with E-state index in [0.717, 1.165) is 17.3 Å². The number of anilines is 1. The van der Waals surface area contributed by atoms with Crippen LogP contribution in [0, 0.1) is 17.5 Å². The molecular weight excluding hydrogens is 409 g/mol. The molecule has 0 unspecified atom stereocenters. The molecule has 0 spiro atoms. The Bertz CT molecular complexity index is 830. The lowest BCUT2D eigenvalue weighted by molar-refractivity contribution is 0.159. The van der Waals surface area contributed by atoms with Crippen LogP contribution < -0.4 is 4.31 Å². The highest BCUT2D eigenvalue weighted by Gasteiger charge is 2.32. The molecule has 1 aromatic heterocycles. The Morgan fingerprint density at radius 3 is 2.27 bits per heavy atom. The third-order valence-corrected chi connectivity index (χ3v) is 7.03. The van der Waals surface area contributed by atoms with E-state index in [2.05, 4.69) is 23.1 Å². The molecule has 5 nitrogen and oxygen atoms in total. The van der Waals surface area contributed by atoms with Crippen molar-refractivity contribution in [2.45, 2.75) is 4.90 Å². The Balaban J connectivity index is 2.33. The molecule has 0 aliphatic heterocycles. The minimum Gasteiger partial charge on any atom is -0.359 e. The van der Waals surface area contributed by atoms with Gasteiger partial charge in [-0.1, -0.05) is 0 Å². The van der Waals surface area contributed by atoms with Gasteiger partial charge >= 0.3 is 0 Å². The Kier molecular flexibility index (Phi) is 6.59. The predicted molar refractivity (Wildman–Crippen MR) is 99.1 cm³/mol. The quantitative estimate of drug-likeness (QED) is 0.478. The van der Waals surface area contributed by atoms with Crippen molar-refractivity contribution < 1.29 is 26.3 Å². The zero-order chi connectivity index (χ0) is 19.5. The minimum atomic E-state index is -4.65. The van der Waals surface area contributed by atoms with Gasteiger partial charge in [0, 0.05) is 23.3 Å². The summed E-state index contributed by atoms with van der Waals surface area (Å²) in [6, 6.07) is 0.646. The Labute approximate surface area is 156 Å². The average Bonchev–Trinajstić information content (AvgIpc) is 2.97. The fraction of sp³-hybridized carbons (Fsp3) is 0.400. The first-order valence-corrected chi connectivity index (χ1v) is 12.6. The van der Waals surface area contributed by atoms with E-state index < -0.39 is 49.1 Å². The number of rotatable bonds is 8. The van der Waals surface area contributed by atoms with Crippen LogP contribution in [0.2, 0.25) is 0 Å². The van der Waals surface area contributed by atoms with Gasteiger partial charge in [0.2, 0.25) is 0 Å². The van der Waals surface area contributed by atoms with Crippen LogP contribution in [0.5, 0.6) is 0 Å². The number of aromatic nitrogens is 1. The van der Waals surface area contributed by atoms with Crippen molar-refractivity contribution in [3.05, 3.63) is 41.2 Å². The monoisotopic (exact) mass is 428 g/mol. The second kappa shape index (κ2) is 8.15. The average molecular weight is 429 g/mol. The van der Waals surface area contributed by atoms with Gasteiger partial charge in [-0.25, -0.2) is 35.9 Å². The normalized spacial score (nSPS) is 13.0. The minimum absolute atomic E-state index is 0.112. The molecule has 0 fully saturated rings. The Hall–Kier alpha value is -1.30. The van der Waals surface area contributed by atoms with Crippen molar-refractivity contribution in [2.75, 3.05) is 42.2 Å². The van der Waals surface area contributed by atoms with E-state index in [1.54, 1.807) is 0 Å². The van der Waals surface area contributed by atoms with E-state index in [4.69, 9.17) is 4.74 Å². The van der Waals surface area contributed by atoms with E-state index in [9.17, 15) is 21.6 Å². The summed E-state index contributed by atoms with van der Waals surface area (Å²) in [4.78, 5) is -1.23. The van der Waals surface area contributed by atoms with Crippen molar-refractivity contribution in [1.29, 1.82) is 0 Å². The molecule has 0 N–H and O–H groups in total. The van der Waals surface area contributed by atoms with E-state index in [1.807, 2.05) is 0 Å². The summed E-state index contributed by atoms with van der Waals surface area (Å²) >= 11 is 0.978. The number of nitrogens with zero attached hydrogens (tertiary/aromatic N) is 2. The van der Waals surface area contributed by atoms with Gasteiger partial charge in [-0.15, -0.1) is 0 Å². The van der Waals surface area contributed by atoms with Crippen LogP contribution >= 0.6 is 21.6 Å². The molecule has 0 aliphatic carbocycles. The highest BCUT2D eigenvalue weighted by atomic mass is 32.3. The van der Waals surface area contributed by atoms with Gasteiger partial charge < -0.3 is 4.74 Å². The highest BCUT2D eigenvalue weighted by Crippen LogP contribution is 2.34. The van der Waals surface area contributed by atoms with E-state index >= 15 is 0 Å². The molecule has 1 heterocycles. The number of benzene rings is 1. The summed E-state index contributed by atoms with van der Waals surface area (Å²) < 4.78 is 76.7. The maximum absolute atomic E-state index is 14.0. The number of sulfonamides is 1. The van der Waals surface area contributed by atoms with Gasteiger partial charge in [-0.05, 0) is 30.3 Å². The Morgan fingerprint density at radius 2 is 1.77 bits per heavy atom. The third-order valence-electron chi connectivity index (χ3n) is 3.27. The van der Waals surface area contributed by atoms with Gasteiger partial charge in [-0.2, -0.15) is 4.37 Å². The summed E-state index contributed by atoms with van der Waals surface area (Å²) in [6.07, 6.45) is 7.49. The number of hydrogen-bond donors (Lipinski definition) is 0. The van der Waals surface area contributed by atoms with Crippen LogP contribution in [-0.4, -0.2) is 50.6 Å². The molecule has 11 heteroatoms. The molecule has 0 saturated carbocycles. The first-order chi connectivity index (χ1) is 12.0. The predicted octanol–water partition coefficient (Wildman–Crippen LogP) is 3.42. The molecule has 0 bridgehead atoms. The maximum atomic E-state index is 14.0. The maximum Gasteiger partial charge on any atom is 0.272 e. The van der Waals surface area contributed by atoms with Crippen molar-refractivity contribution in [3.8, 4) is 0 Å². The van der Waals surface area contributed by atoms with E-state index in [1.165, 1.54) is 11.6 Å². The summed E-state index contributed by atoms with van der Waals surface area (Å²) in [5.41, 5.74) is 0.112. The standard InChI is InChI=1S/C15H19F3N2O3S3/c1-25(2,3)5-4-23-10-20(12-8-19-24-9-12)26(21,22)15-13(17)6-11(16)7-14(15)18/h6-9H,4-5,10H2,1-3H3. The van der Waals surface area contributed by atoms with E-state index in [-0.39, 0.29) is 12.3 Å². The fourth-order valence-corrected chi connectivity index (χ4v) is 4.58. The topological polar surface area (TPSA) is 59.5 Å². The molecule has 0 saturated heterocycles. The van der Waals surface area contributed by atoms with Gasteiger partial charge in [-0.3, -0.25) is 0 Å². The van der Waals surface area contributed by atoms with Crippen LogP contribution in [0.3, 0.4) is 0 Å². The van der Waals surface area contributed by atoms with Crippen LogP contribution in [0.4, 0.5) is 18.9 Å². The van der Waals surface area contributed by atoms with Crippen LogP contribution in [-0.2, 0) is 14.8 Å². The zero-order valence-corrected chi connectivity index (χ0v) is 16.9. The van der Waals surface area contributed by atoms with Gasteiger partial charge in [0.15, 0.2) is 4.90 Å². The summed E-state index contributed by atoms with van der Waals surface area (Å²) in [5.74, 6) is -3.47. The van der Waals surface area contributed by atoms with Crippen LogP contribution in [0.1, 0.15) is 0 Å². The molecular formula is C15H19F3N2O3S3. The SMILES string of the molecule is CS(C)(C)CCOCN(c1cnsc1)S(=O)(=O)c1c(F)cc(F)cc1F. The van der Waals surface area contributed by atoms with Gasteiger partial charge in [0.1, 0.15) is 24.2 Å². The van der Waals surface area contributed by atoms with Crippen LogP contribution in [0.25, 0.3) is 0 Å². The summed E-state index contributed by atoms with van der Waals surface area (Å²) in [6.45, 7) is -0.149. The third kappa shape index (κ3) is 5.12. The first-order valence-electron chi connectivity index (χ1n) is 7.33. The molecule has 0 amide bonds. The van der Waals surface area contributed by atoms with Crippen molar-refractivity contribution >= 4 is 37.3 Å². The zero-order valence-electron chi connectivity index (χ0n) is 14.4. The lowest BCUT2D eigenvalue weighted by atomic mass is 10.3. The first kappa shape index (κ1) is 21.0. The lowest BCUT2D eigenvalue weighted by Gasteiger charge is -2.27. The highest BCUT2D eigenvalue weighted by molar-refractivity contribution is 8.32. The second-order valence-corrected chi connectivity index (χ2v) is 13.3. The van der Waals surface area contributed by atoms with E-state index in [0.29, 0.717) is 16.4 Å². The largest absolute Gasteiger partial charge is 0.359 e. The van der Waals surface area contributed by atoms with Crippen LogP contribution in [0.15, 0.2) is 28.6 Å². The molecule has 2 aromatic rings. The lowest BCUT2D eigenvalue weighted by Crippen LogP contribution is -2.34. The molecule has 1 aromatic carbocycles. The van der Waals surface area contributed by atoms with Gasteiger partial charge in [0.05, 0.1) is 18.5 Å². The second-order valence-electron chi connectivity index (χ2n) is 6.27. The number of halogens is 3. The number of ether oxygens (including phenoxy) is 1. The molecule has 146 valence electrons. The van der Waals surface area contributed by atoms with Crippen molar-refractivity contribution in [3.63, 3.8) is 0 Å². The molecule has 2 rings (SSSR count). The molecule has 0 atom stereocenters. The summed E-state index contributed by atoms with van der Waals surface area (Å²) in [5, 5.41) is 1.41. The fourth-order valence-electron chi connectivity index (χ4n) is 1.95.